The molecule has 0 saturated carbocycles. The molecule has 0 bridgehead atoms. The lowest BCUT2D eigenvalue weighted by Crippen LogP contribution is -2.40. The lowest BCUT2D eigenvalue weighted by atomic mass is 9.82. The molecular weight excluding hydrogens is 396 g/mol. The third-order valence-electron chi connectivity index (χ3n) is 4.20. The molecule has 0 unspecified atom stereocenters. The Balaban J connectivity index is 2.23. The molecule has 1 aliphatic heterocycles. The number of benzene rings is 1. The van der Waals surface area contributed by atoms with Gasteiger partial charge in [-0.1, -0.05) is 35.2 Å². The van der Waals surface area contributed by atoms with E-state index in [9.17, 15) is 24.5 Å². The number of esters is 2. The highest BCUT2D eigenvalue weighted by Gasteiger charge is 2.49. The number of carbonyl (C=O) groups is 2. The number of aromatic amines is 1. The number of methoxy groups -OCH3 is 2. The number of nitro groups is 1. The van der Waals surface area contributed by atoms with E-state index >= 15 is 0 Å². The van der Waals surface area contributed by atoms with E-state index in [4.69, 9.17) is 9.47 Å². The highest BCUT2D eigenvalue weighted by molar-refractivity contribution is 8.00. The molecule has 2 heterocycles. The SMILES string of the molecule is COC(=O)[C@@H]1[C@H](c2cccc([N+](=O)[O-])c2)c2sc(=O)[nH]c2S[C@@H]1C(=O)OC. The van der Waals surface area contributed by atoms with E-state index in [1.807, 2.05) is 0 Å². The molecule has 0 amide bonds. The van der Waals surface area contributed by atoms with E-state index in [0.29, 0.717) is 15.5 Å². The van der Waals surface area contributed by atoms with Crippen LogP contribution < -0.4 is 4.87 Å². The summed E-state index contributed by atoms with van der Waals surface area (Å²) in [5.41, 5.74) is 0.277. The van der Waals surface area contributed by atoms with Crippen molar-refractivity contribution in [3.63, 3.8) is 0 Å². The number of fused-ring (bicyclic) bond motifs is 1. The number of nitro benzene ring substituents is 1. The predicted molar refractivity (Wildman–Crippen MR) is 97.0 cm³/mol. The summed E-state index contributed by atoms with van der Waals surface area (Å²) in [7, 11) is 2.40. The summed E-state index contributed by atoms with van der Waals surface area (Å²) in [6.45, 7) is 0. The minimum atomic E-state index is -1.01. The normalized spacial score (nSPS) is 21.2. The summed E-state index contributed by atoms with van der Waals surface area (Å²) in [6, 6.07) is 5.77. The number of H-pyrrole nitrogens is 1. The third kappa shape index (κ3) is 3.47. The van der Waals surface area contributed by atoms with Gasteiger partial charge in [-0.15, -0.1) is 0 Å². The van der Waals surface area contributed by atoms with E-state index in [-0.39, 0.29) is 10.6 Å². The second-order valence-electron chi connectivity index (χ2n) is 5.65. The summed E-state index contributed by atoms with van der Waals surface area (Å²) in [5.74, 6) is -3.08. The molecule has 0 aliphatic carbocycles. The molecule has 0 saturated heterocycles. The van der Waals surface area contributed by atoms with Crippen molar-refractivity contribution < 1.29 is 24.0 Å². The smallest absolute Gasteiger partial charge is 0.320 e. The van der Waals surface area contributed by atoms with E-state index in [1.165, 1.54) is 32.4 Å². The van der Waals surface area contributed by atoms with Gasteiger partial charge in [-0.3, -0.25) is 24.5 Å². The summed E-state index contributed by atoms with van der Waals surface area (Å²) in [6.07, 6.45) is 0. The largest absolute Gasteiger partial charge is 0.469 e. The van der Waals surface area contributed by atoms with Crippen molar-refractivity contribution in [2.75, 3.05) is 14.2 Å². The van der Waals surface area contributed by atoms with Crippen LogP contribution in [0.15, 0.2) is 34.1 Å². The molecule has 1 aromatic carbocycles. The lowest BCUT2D eigenvalue weighted by molar-refractivity contribution is -0.384. The molecule has 3 rings (SSSR count). The number of hydrogen-bond acceptors (Lipinski definition) is 9. The maximum absolute atomic E-state index is 12.6. The Morgan fingerprint density at radius 2 is 1.93 bits per heavy atom. The van der Waals surface area contributed by atoms with Gasteiger partial charge in [-0.2, -0.15) is 0 Å². The molecular formula is C16H14N2O7S2. The number of nitrogens with one attached hydrogen (secondary N) is 1. The quantitative estimate of drug-likeness (QED) is 0.460. The van der Waals surface area contributed by atoms with Crippen LogP contribution in [0, 0.1) is 16.0 Å². The monoisotopic (exact) mass is 410 g/mol. The van der Waals surface area contributed by atoms with E-state index in [1.54, 1.807) is 6.07 Å². The van der Waals surface area contributed by atoms with Crippen LogP contribution in [0.3, 0.4) is 0 Å². The summed E-state index contributed by atoms with van der Waals surface area (Å²) in [5, 5.41) is 10.6. The van der Waals surface area contributed by atoms with E-state index in [0.717, 1.165) is 23.1 Å². The van der Waals surface area contributed by atoms with Crippen molar-refractivity contribution in [3.05, 3.63) is 54.5 Å². The van der Waals surface area contributed by atoms with Gasteiger partial charge in [0, 0.05) is 22.9 Å². The average Bonchev–Trinajstić information content (AvgIpc) is 3.04. The van der Waals surface area contributed by atoms with Crippen molar-refractivity contribution in [2.45, 2.75) is 16.2 Å². The Hall–Kier alpha value is -2.66. The second kappa shape index (κ2) is 7.53. The molecule has 2 aromatic rings. The fourth-order valence-electron chi connectivity index (χ4n) is 3.05. The topological polar surface area (TPSA) is 129 Å². The summed E-state index contributed by atoms with van der Waals surface area (Å²) >= 11 is 1.92. The van der Waals surface area contributed by atoms with Crippen LogP contribution in [0.5, 0.6) is 0 Å². The molecule has 0 fully saturated rings. The first-order chi connectivity index (χ1) is 12.9. The third-order valence-corrected chi connectivity index (χ3v) is 6.59. The van der Waals surface area contributed by atoms with Crippen LogP contribution in [0.1, 0.15) is 16.4 Å². The van der Waals surface area contributed by atoms with Crippen LogP contribution in [0.2, 0.25) is 0 Å². The van der Waals surface area contributed by atoms with Gasteiger partial charge in [0.15, 0.2) is 0 Å². The van der Waals surface area contributed by atoms with Gasteiger partial charge < -0.3 is 14.5 Å². The fraction of sp³-hybridized carbons (Fsp3) is 0.312. The van der Waals surface area contributed by atoms with Gasteiger partial charge in [0.25, 0.3) is 5.69 Å². The lowest BCUT2D eigenvalue weighted by Gasteiger charge is -2.33. The molecule has 0 spiro atoms. The van der Waals surface area contributed by atoms with Crippen LogP contribution >= 0.6 is 23.1 Å². The Morgan fingerprint density at radius 1 is 1.22 bits per heavy atom. The minimum Gasteiger partial charge on any atom is -0.469 e. The maximum atomic E-state index is 12.6. The number of hydrogen-bond donors (Lipinski definition) is 1. The molecule has 142 valence electrons. The van der Waals surface area contributed by atoms with Crippen LogP contribution in [0.4, 0.5) is 5.69 Å². The zero-order chi connectivity index (χ0) is 19.7. The first-order valence-electron chi connectivity index (χ1n) is 7.67. The Kier molecular flexibility index (Phi) is 5.33. The van der Waals surface area contributed by atoms with Crippen molar-refractivity contribution >= 4 is 40.7 Å². The Labute approximate surface area is 160 Å². The van der Waals surface area contributed by atoms with Crippen LogP contribution in [-0.2, 0) is 19.1 Å². The number of aromatic nitrogens is 1. The molecule has 27 heavy (non-hydrogen) atoms. The van der Waals surface area contributed by atoms with Crippen molar-refractivity contribution in [1.82, 2.24) is 4.98 Å². The van der Waals surface area contributed by atoms with Gasteiger partial charge in [-0.05, 0) is 5.56 Å². The van der Waals surface area contributed by atoms with Crippen LogP contribution in [0.25, 0.3) is 0 Å². The predicted octanol–water partition coefficient (Wildman–Crippen LogP) is 1.91. The van der Waals surface area contributed by atoms with Crippen molar-refractivity contribution in [2.24, 2.45) is 5.92 Å². The number of rotatable bonds is 4. The molecule has 1 N–H and O–H groups in total. The number of carbonyl (C=O) groups excluding carboxylic acids is 2. The Bertz CT molecular complexity index is 968. The first kappa shape index (κ1) is 19.1. The molecule has 3 atom stereocenters. The number of thiazole rings is 1. The van der Waals surface area contributed by atoms with Gasteiger partial charge in [0.1, 0.15) is 5.25 Å². The highest BCUT2D eigenvalue weighted by Crippen LogP contribution is 2.50. The molecule has 1 aromatic heterocycles. The summed E-state index contributed by atoms with van der Waals surface area (Å²) < 4.78 is 9.71. The number of ether oxygens (including phenoxy) is 2. The minimum absolute atomic E-state index is 0.159. The van der Waals surface area contributed by atoms with Crippen molar-refractivity contribution in [3.8, 4) is 0 Å². The van der Waals surface area contributed by atoms with Gasteiger partial charge in [0.2, 0.25) is 0 Å². The zero-order valence-electron chi connectivity index (χ0n) is 14.2. The van der Waals surface area contributed by atoms with Gasteiger partial charge >= 0.3 is 16.8 Å². The molecule has 1 aliphatic rings. The maximum Gasteiger partial charge on any atom is 0.320 e. The van der Waals surface area contributed by atoms with Crippen molar-refractivity contribution in [1.29, 1.82) is 0 Å². The standard InChI is InChI=1S/C16H14N2O7S2/c1-24-14(19)10-9(7-4-3-5-8(6-7)18(22)23)11-13(17-16(21)27-11)26-12(10)15(20)25-2/h3-6,9-10,12H,1-2H3,(H,17,21)/t9-,10+,12-/m0/s1. The Morgan fingerprint density at radius 3 is 2.56 bits per heavy atom. The van der Waals surface area contributed by atoms with Crippen LogP contribution in [-0.4, -0.2) is 41.3 Å². The molecule has 11 heteroatoms. The fourth-order valence-corrected chi connectivity index (χ4v) is 5.55. The average molecular weight is 410 g/mol. The molecule has 9 nitrogen and oxygen atoms in total. The number of non-ortho nitro benzene ring substituents is 1. The second-order valence-corrected chi connectivity index (χ2v) is 7.81. The first-order valence-corrected chi connectivity index (χ1v) is 9.36. The van der Waals surface area contributed by atoms with Gasteiger partial charge in [-0.25, -0.2) is 0 Å². The highest BCUT2D eigenvalue weighted by atomic mass is 32.2. The number of nitrogens with zero attached hydrogens (tertiary/aromatic N) is 1. The summed E-state index contributed by atoms with van der Waals surface area (Å²) in [4.78, 5) is 50.2. The van der Waals surface area contributed by atoms with E-state index < -0.39 is 33.9 Å². The molecule has 0 radical (unpaired) electrons. The van der Waals surface area contributed by atoms with E-state index in [2.05, 4.69) is 4.98 Å². The number of thioether (sulfide) groups is 1. The van der Waals surface area contributed by atoms with Gasteiger partial charge in [0.05, 0.1) is 30.1 Å². The zero-order valence-corrected chi connectivity index (χ0v) is 15.8.